The van der Waals surface area contributed by atoms with Gasteiger partial charge in [-0.2, -0.15) is 0 Å². The molecular weight excluding hydrogens is 260 g/mol. The molecule has 1 heterocycles. The smallest absolute Gasteiger partial charge is 0.0472 e. The lowest BCUT2D eigenvalue weighted by Gasteiger charge is -2.41. The molecule has 122 valence electrons. The van der Waals surface area contributed by atoms with Crippen LogP contribution in [-0.2, 0) is 4.74 Å². The lowest BCUT2D eigenvalue weighted by molar-refractivity contribution is -0.00328. The summed E-state index contributed by atoms with van der Waals surface area (Å²) in [5.41, 5.74) is 0.445. The van der Waals surface area contributed by atoms with E-state index in [9.17, 15) is 0 Å². The number of hydrogen-bond donors (Lipinski definition) is 1. The van der Waals surface area contributed by atoms with E-state index in [0.29, 0.717) is 5.41 Å². The van der Waals surface area contributed by atoms with Crippen molar-refractivity contribution in [3.63, 3.8) is 0 Å². The van der Waals surface area contributed by atoms with E-state index in [-0.39, 0.29) is 0 Å². The van der Waals surface area contributed by atoms with Crippen LogP contribution in [0.2, 0.25) is 0 Å². The van der Waals surface area contributed by atoms with Gasteiger partial charge in [0.05, 0.1) is 0 Å². The standard InChI is InChI=1S/C18H34N2O/c1-3-19-13-18(6-8-21-9-7-18)14-20(2)12-17-11-15-4-5-16(17)10-15/h15-17,19H,3-14H2,1-2H3. The second-order valence-electron chi connectivity index (χ2n) is 8.02. The second kappa shape index (κ2) is 6.97. The first-order valence-corrected chi connectivity index (χ1v) is 9.18. The highest BCUT2D eigenvalue weighted by molar-refractivity contribution is 4.92. The highest BCUT2D eigenvalue weighted by Crippen LogP contribution is 2.48. The first-order chi connectivity index (χ1) is 10.2. The van der Waals surface area contributed by atoms with E-state index < -0.39 is 0 Å². The molecule has 3 fully saturated rings. The van der Waals surface area contributed by atoms with Crippen LogP contribution in [0, 0.1) is 23.2 Å². The summed E-state index contributed by atoms with van der Waals surface area (Å²) in [6, 6.07) is 0. The van der Waals surface area contributed by atoms with Gasteiger partial charge in [0.15, 0.2) is 0 Å². The van der Waals surface area contributed by atoms with Crippen LogP contribution in [0.25, 0.3) is 0 Å². The fourth-order valence-corrected chi connectivity index (χ4v) is 5.22. The summed E-state index contributed by atoms with van der Waals surface area (Å²) in [4.78, 5) is 2.65. The molecule has 1 N–H and O–H groups in total. The minimum Gasteiger partial charge on any atom is -0.381 e. The largest absolute Gasteiger partial charge is 0.381 e. The van der Waals surface area contributed by atoms with Crippen LogP contribution < -0.4 is 5.32 Å². The SMILES string of the molecule is CCNCC1(CN(C)CC2CC3CCC2C3)CCOCC1. The first kappa shape index (κ1) is 15.8. The van der Waals surface area contributed by atoms with Crippen LogP contribution in [0.15, 0.2) is 0 Å². The Morgan fingerprint density at radius 1 is 1.19 bits per heavy atom. The third kappa shape index (κ3) is 3.80. The van der Waals surface area contributed by atoms with Crippen LogP contribution in [0.3, 0.4) is 0 Å². The van der Waals surface area contributed by atoms with Crippen molar-refractivity contribution in [2.75, 3.05) is 46.4 Å². The average molecular weight is 294 g/mol. The highest BCUT2D eigenvalue weighted by Gasteiger charge is 2.40. The number of rotatable bonds is 7. The molecule has 3 atom stereocenters. The van der Waals surface area contributed by atoms with E-state index in [1.54, 1.807) is 0 Å². The molecule has 3 aliphatic rings. The summed E-state index contributed by atoms with van der Waals surface area (Å²) in [6.45, 7) is 8.94. The van der Waals surface area contributed by atoms with Gasteiger partial charge in [0.2, 0.25) is 0 Å². The van der Waals surface area contributed by atoms with Crippen LogP contribution in [0.1, 0.15) is 45.4 Å². The zero-order valence-corrected chi connectivity index (χ0v) is 14.1. The van der Waals surface area contributed by atoms with E-state index in [1.165, 1.54) is 51.6 Å². The van der Waals surface area contributed by atoms with E-state index in [4.69, 9.17) is 4.74 Å². The second-order valence-corrected chi connectivity index (χ2v) is 8.02. The lowest BCUT2D eigenvalue weighted by atomic mass is 9.79. The van der Waals surface area contributed by atoms with Crippen molar-refractivity contribution in [1.82, 2.24) is 10.2 Å². The molecular formula is C18H34N2O. The third-order valence-corrected chi connectivity index (χ3v) is 6.34. The molecule has 0 amide bonds. The maximum absolute atomic E-state index is 5.61. The summed E-state index contributed by atoms with van der Waals surface area (Å²) in [6.07, 6.45) is 8.53. The molecule has 0 aromatic heterocycles. The zero-order chi connectivity index (χ0) is 14.7. The maximum Gasteiger partial charge on any atom is 0.0472 e. The monoisotopic (exact) mass is 294 g/mol. The van der Waals surface area contributed by atoms with Gasteiger partial charge in [-0.25, -0.2) is 0 Å². The van der Waals surface area contributed by atoms with Crippen LogP contribution in [0.5, 0.6) is 0 Å². The Labute approximate surface area is 130 Å². The molecule has 2 bridgehead atoms. The number of nitrogens with zero attached hydrogens (tertiary/aromatic N) is 1. The molecule has 0 aromatic rings. The summed E-state index contributed by atoms with van der Waals surface area (Å²) >= 11 is 0. The maximum atomic E-state index is 5.61. The Kier molecular flexibility index (Phi) is 5.23. The Hall–Kier alpha value is -0.120. The molecule has 1 saturated heterocycles. The van der Waals surface area contributed by atoms with Gasteiger partial charge in [-0.15, -0.1) is 0 Å². The molecule has 0 aromatic carbocycles. The van der Waals surface area contributed by atoms with Crippen LogP contribution in [-0.4, -0.2) is 51.3 Å². The van der Waals surface area contributed by atoms with Gasteiger partial charge in [-0.1, -0.05) is 13.3 Å². The molecule has 3 unspecified atom stereocenters. The Bertz CT molecular complexity index is 327. The predicted molar refractivity (Wildman–Crippen MR) is 87.5 cm³/mol. The van der Waals surface area contributed by atoms with Crippen molar-refractivity contribution >= 4 is 0 Å². The highest BCUT2D eigenvalue weighted by atomic mass is 16.5. The normalized spacial score (nSPS) is 34.7. The number of hydrogen-bond acceptors (Lipinski definition) is 3. The molecule has 1 aliphatic heterocycles. The van der Waals surface area contributed by atoms with Crippen molar-refractivity contribution in [1.29, 1.82) is 0 Å². The Morgan fingerprint density at radius 3 is 2.62 bits per heavy atom. The minimum absolute atomic E-state index is 0.445. The summed E-state index contributed by atoms with van der Waals surface area (Å²) in [5.74, 6) is 3.12. The molecule has 0 spiro atoms. The molecule has 2 saturated carbocycles. The van der Waals surface area contributed by atoms with Crippen molar-refractivity contribution in [3.8, 4) is 0 Å². The van der Waals surface area contributed by atoms with Gasteiger partial charge in [0, 0.05) is 32.8 Å². The summed E-state index contributed by atoms with van der Waals surface area (Å²) < 4.78 is 5.61. The van der Waals surface area contributed by atoms with Gasteiger partial charge >= 0.3 is 0 Å². The fraction of sp³-hybridized carbons (Fsp3) is 1.00. The van der Waals surface area contributed by atoms with E-state index >= 15 is 0 Å². The number of ether oxygens (including phenoxy) is 1. The topological polar surface area (TPSA) is 24.5 Å². The molecule has 3 heteroatoms. The van der Waals surface area contributed by atoms with Crippen molar-refractivity contribution in [2.45, 2.75) is 45.4 Å². The van der Waals surface area contributed by atoms with Crippen LogP contribution >= 0.6 is 0 Å². The molecule has 0 radical (unpaired) electrons. The Balaban J connectivity index is 1.52. The fourth-order valence-electron chi connectivity index (χ4n) is 5.22. The zero-order valence-electron chi connectivity index (χ0n) is 14.1. The van der Waals surface area contributed by atoms with Crippen molar-refractivity contribution < 1.29 is 4.74 Å². The van der Waals surface area contributed by atoms with E-state index in [1.807, 2.05) is 0 Å². The van der Waals surface area contributed by atoms with Gasteiger partial charge in [-0.3, -0.25) is 0 Å². The first-order valence-electron chi connectivity index (χ1n) is 9.18. The quantitative estimate of drug-likeness (QED) is 0.781. The van der Waals surface area contributed by atoms with E-state index in [0.717, 1.165) is 44.1 Å². The molecule has 3 rings (SSSR count). The molecule has 21 heavy (non-hydrogen) atoms. The van der Waals surface area contributed by atoms with Gasteiger partial charge in [0.25, 0.3) is 0 Å². The Morgan fingerprint density at radius 2 is 2.00 bits per heavy atom. The minimum atomic E-state index is 0.445. The number of nitrogens with one attached hydrogen (secondary N) is 1. The van der Waals surface area contributed by atoms with Crippen LogP contribution in [0.4, 0.5) is 0 Å². The molecule has 3 nitrogen and oxygen atoms in total. The lowest BCUT2D eigenvalue weighted by Crippen LogP contribution is -2.47. The summed E-state index contributed by atoms with van der Waals surface area (Å²) in [7, 11) is 2.36. The van der Waals surface area contributed by atoms with Gasteiger partial charge < -0.3 is 15.0 Å². The van der Waals surface area contributed by atoms with E-state index in [2.05, 4.69) is 24.2 Å². The predicted octanol–water partition coefficient (Wildman–Crippen LogP) is 2.76. The summed E-state index contributed by atoms with van der Waals surface area (Å²) in [5, 5.41) is 3.60. The van der Waals surface area contributed by atoms with Crippen molar-refractivity contribution in [2.24, 2.45) is 23.2 Å². The average Bonchev–Trinajstić information content (AvgIpc) is 3.08. The van der Waals surface area contributed by atoms with Crippen molar-refractivity contribution in [3.05, 3.63) is 0 Å². The van der Waals surface area contributed by atoms with Gasteiger partial charge in [-0.05, 0) is 68.9 Å². The third-order valence-electron chi connectivity index (χ3n) is 6.34. The number of fused-ring (bicyclic) bond motifs is 2. The van der Waals surface area contributed by atoms with Gasteiger partial charge in [0.1, 0.15) is 0 Å². The molecule has 2 aliphatic carbocycles.